The first-order valence-corrected chi connectivity index (χ1v) is 9.55. The lowest BCUT2D eigenvalue weighted by atomic mass is 10.1. The van der Waals surface area contributed by atoms with Crippen LogP contribution in [0.5, 0.6) is 5.75 Å². The first-order valence-electron chi connectivity index (χ1n) is 7.49. The molecule has 2 rings (SSSR count). The van der Waals surface area contributed by atoms with Crippen molar-refractivity contribution in [2.75, 3.05) is 12.9 Å². The van der Waals surface area contributed by atoms with E-state index in [0.29, 0.717) is 16.9 Å². The fourth-order valence-corrected chi connectivity index (χ4v) is 2.89. The van der Waals surface area contributed by atoms with E-state index in [4.69, 9.17) is 9.47 Å². The second-order valence-corrected chi connectivity index (χ2v) is 7.75. The molecule has 0 aliphatic heterocycles. The molecule has 128 valence electrons. The molecule has 5 nitrogen and oxygen atoms in total. The number of sulfone groups is 1. The third-order valence-electron chi connectivity index (χ3n) is 3.13. The van der Waals surface area contributed by atoms with Crippen LogP contribution in [-0.2, 0) is 20.3 Å². The monoisotopic (exact) mass is 348 g/mol. The minimum absolute atomic E-state index is 0.110. The van der Waals surface area contributed by atoms with Crippen molar-refractivity contribution in [3.8, 4) is 5.75 Å². The second-order valence-electron chi connectivity index (χ2n) is 5.61. The highest BCUT2D eigenvalue weighted by Crippen LogP contribution is 2.12. The maximum absolute atomic E-state index is 12.2. The van der Waals surface area contributed by atoms with Gasteiger partial charge in [0.2, 0.25) is 0 Å². The van der Waals surface area contributed by atoms with Crippen LogP contribution in [0.25, 0.3) is 0 Å². The number of esters is 1. The minimum atomic E-state index is -3.15. The molecule has 0 fully saturated rings. The molecule has 0 aromatic heterocycles. The number of rotatable bonds is 7. The lowest BCUT2D eigenvalue weighted by molar-refractivity contribution is 0.0228. The molecule has 0 saturated heterocycles. The minimum Gasteiger partial charge on any atom is -0.490 e. The summed E-state index contributed by atoms with van der Waals surface area (Å²) in [5.41, 5.74) is 0.878. The zero-order valence-electron chi connectivity index (χ0n) is 13.6. The van der Waals surface area contributed by atoms with Gasteiger partial charge < -0.3 is 9.47 Å². The van der Waals surface area contributed by atoms with Gasteiger partial charge >= 0.3 is 5.97 Å². The van der Waals surface area contributed by atoms with Crippen LogP contribution in [0.1, 0.15) is 22.8 Å². The number of carbonyl (C=O) groups excluding carboxylic acids is 1. The Kier molecular flexibility index (Phi) is 5.98. The lowest BCUT2D eigenvalue weighted by Gasteiger charge is -2.14. The molecule has 0 bridgehead atoms. The van der Waals surface area contributed by atoms with Gasteiger partial charge in [-0.15, -0.1) is 0 Å². The smallest absolute Gasteiger partial charge is 0.338 e. The second kappa shape index (κ2) is 7.97. The van der Waals surface area contributed by atoms with E-state index in [9.17, 15) is 13.2 Å². The highest BCUT2D eigenvalue weighted by atomic mass is 32.2. The van der Waals surface area contributed by atoms with E-state index in [1.807, 2.05) is 30.3 Å². The summed E-state index contributed by atoms with van der Waals surface area (Å²) in [6, 6.07) is 15.7. The quantitative estimate of drug-likeness (QED) is 0.720. The van der Waals surface area contributed by atoms with Crippen molar-refractivity contribution in [1.29, 1.82) is 0 Å². The molecular weight excluding hydrogens is 328 g/mol. The normalized spacial score (nSPS) is 12.4. The van der Waals surface area contributed by atoms with Crippen molar-refractivity contribution in [2.45, 2.75) is 18.8 Å². The highest BCUT2D eigenvalue weighted by Gasteiger charge is 2.14. The van der Waals surface area contributed by atoms with E-state index >= 15 is 0 Å². The van der Waals surface area contributed by atoms with Gasteiger partial charge in [-0.3, -0.25) is 0 Å². The predicted octanol–water partition coefficient (Wildman–Crippen LogP) is 2.86. The van der Waals surface area contributed by atoms with E-state index in [-0.39, 0.29) is 12.4 Å². The standard InChI is InChI=1S/C18H20O5S/c1-14(12-22-17-9-4-3-5-10-17)23-18(19)16-8-6-7-15(11-16)13-24(2,20)21/h3-11,14H,12-13H2,1-2H3/t14-/m0/s1. The molecule has 0 heterocycles. The lowest BCUT2D eigenvalue weighted by Crippen LogP contribution is -2.22. The molecule has 24 heavy (non-hydrogen) atoms. The number of ether oxygens (including phenoxy) is 2. The van der Waals surface area contributed by atoms with Crippen LogP contribution in [0.3, 0.4) is 0 Å². The average Bonchev–Trinajstić information content (AvgIpc) is 2.52. The summed E-state index contributed by atoms with van der Waals surface area (Å²) in [5, 5.41) is 0. The number of hydrogen-bond donors (Lipinski definition) is 0. The van der Waals surface area contributed by atoms with Crippen LogP contribution in [0.2, 0.25) is 0 Å². The third kappa shape index (κ3) is 6.04. The summed E-state index contributed by atoms with van der Waals surface area (Å²) < 4.78 is 33.6. The fraction of sp³-hybridized carbons (Fsp3) is 0.278. The van der Waals surface area contributed by atoms with Gasteiger partial charge in [0.25, 0.3) is 0 Å². The molecule has 0 aliphatic rings. The SMILES string of the molecule is C[C@@H](COc1ccccc1)OC(=O)c1cccc(CS(C)(=O)=O)c1. The van der Waals surface area contributed by atoms with Crippen molar-refractivity contribution in [2.24, 2.45) is 0 Å². The Bertz CT molecular complexity index is 784. The van der Waals surface area contributed by atoms with Crippen LogP contribution in [0.4, 0.5) is 0 Å². The summed E-state index contributed by atoms with van der Waals surface area (Å²) in [7, 11) is -3.15. The average molecular weight is 348 g/mol. The molecule has 0 spiro atoms. The predicted molar refractivity (Wildman–Crippen MR) is 91.8 cm³/mol. The Balaban J connectivity index is 1.93. The molecule has 0 unspecified atom stereocenters. The van der Waals surface area contributed by atoms with Crippen LogP contribution in [-0.4, -0.2) is 33.4 Å². The molecule has 6 heteroatoms. The summed E-state index contributed by atoms with van der Waals surface area (Å²) in [6.45, 7) is 1.97. The third-order valence-corrected chi connectivity index (χ3v) is 3.99. The topological polar surface area (TPSA) is 69.7 Å². The zero-order valence-corrected chi connectivity index (χ0v) is 14.5. The van der Waals surface area contributed by atoms with Gasteiger partial charge in [-0.1, -0.05) is 30.3 Å². The van der Waals surface area contributed by atoms with E-state index in [1.54, 1.807) is 25.1 Å². The van der Waals surface area contributed by atoms with Crippen LogP contribution >= 0.6 is 0 Å². The van der Waals surface area contributed by atoms with Crippen LogP contribution in [0.15, 0.2) is 54.6 Å². The maximum atomic E-state index is 12.2. The Morgan fingerprint density at radius 1 is 1.08 bits per heavy atom. The first kappa shape index (κ1) is 18.0. The maximum Gasteiger partial charge on any atom is 0.338 e. The molecule has 0 saturated carbocycles. The van der Waals surface area contributed by atoms with E-state index in [1.165, 1.54) is 6.07 Å². The van der Waals surface area contributed by atoms with Crippen LogP contribution in [0, 0.1) is 0 Å². The summed E-state index contributed by atoms with van der Waals surface area (Å²) >= 11 is 0. The van der Waals surface area contributed by atoms with Crippen molar-refractivity contribution >= 4 is 15.8 Å². The van der Waals surface area contributed by atoms with Gasteiger partial charge in [0.05, 0.1) is 11.3 Å². The van der Waals surface area contributed by atoms with Gasteiger partial charge in [-0.25, -0.2) is 13.2 Å². The summed E-state index contributed by atoms with van der Waals surface area (Å²) in [5.74, 6) is 0.0888. The molecular formula is C18H20O5S. The Morgan fingerprint density at radius 2 is 1.79 bits per heavy atom. The number of hydrogen-bond acceptors (Lipinski definition) is 5. The van der Waals surface area contributed by atoms with Gasteiger partial charge in [0, 0.05) is 6.26 Å². The first-order chi connectivity index (χ1) is 11.3. The largest absolute Gasteiger partial charge is 0.490 e. The van der Waals surface area contributed by atoms with Crippen LogP contribution < -0.4 is 4.74 Å². The molecule has 0 radical (unpaired) electrons. The highest BCUT2D eigenvalue weighted by molar-refractivity contribution is 7.89. The molecule has 0 amide bonds. The Morgan fingerprint density at radius 3 is 2.46 bits per heavy atom. The number of benzene rings is 2. The molecule has 2 aromatic carbocycles. The van der Waals surface area contributed by atoms with Crippen molar-refractivity contribution in [1.82, 2.24) is 0 Å². The summed E-state index contributed by atoms with van der Waals surface area (Å²) in [6.07, 6.45) is 0.720. The number of carbonyl (C=O) groups is 1. The van der Waals surface area contributed by atoms with Gasteiger partial charge in [0.15, 0.2) is 9.84 Å². The molecule has 0 aliphatic carbocycles. The Labute approximate surface area is 142 Å². The van der Waals surface area contributed by atoms with E-state index in [2.05, 4.69) is 0 Å². The van der Waals surface area contributed by atoms with Crippen molar-refractivity contribution in [3.05, 3.63) is 65.7 Å². The van der Waals surface area contributed by atoms with Gasteiger partial charge in [-0.2, -0.15) is 0 Å². The molecule has 2 aromatic rings. The summed E-state index contributed by atoms with van der Waals surface area (Å²) in [4.78, 5) is 12.2. The molecule has 1 atom stereocenters. The van der Waals surface area contributed by atoms with Gasteiger partial charge in [0.1, 0.15) is 18.5 Å². The zero-order chi connectivity index (χ0) is 17.6. The van der Waals surface area contributed by atoms with E-state index < -0.39 is 21.9 Å². The van der Waals surface area contributed by atoms with Crippen molar-refractivity contribution < 1.29 is 22.7 Å². The fourth-order valence-electron chi connectivity index (χ4n) is 2.11. The van der Waals surface area contributed by atoms with Crippen molar-refractivity contribution in [3.63, 3.8) is 0 Å². The van der Waals surface area contributed by atoms with Gasteiger partial charge in [-0.05, 0) is 36.8 Å². The Hall–Kier alpha value is -2.34. The number of para-hydroxylation sites is 1. The van der Waals surface area contributed by atoms with E-state index in [0.717, 1.165) is 6.26 Å². The molecule has 0 N–H and O–H groups in total.